The summed E-state index contributed by atoms with van der Waals surface area (Å²) in [6, 6.07) is 10.1. The van der Waals surface area contributed by atoms with Gasteiger partial charge in [0.2, 0.25) is 0 Å². The number of aromatic nitrogens is 2. The molecular formula is C14H19N3O. The van der Waals surface area contributed by atoms with Gasteiger partial charge < -0.3 is 10.4 Å². The Balaban J connectivity index is 1.74. The molecule has 0 fully saturated rings. The number of benzene rings is 1. The van der Waals surface area contributed by atoms with Crippen molar-refractivity contribution in [2.45, 2.75) is 26.1 Å². The Kier molecular flexibility index (Phi) is 4.50. The van der Waals surface area contributed by atoms with Crippen LogP contribution in [-0.4, -0.2) is 27.5 Å². The van der Waals surface area contributed by atoms with Gasteiger partial charge in [0.05, 0.1) is 12.6 Å². The van der Waals surface area contributed by atoms with Crippen molar-refractivity contribution < 1.29 is 5.11 Å². The Bertz CT molecular complexity index is 468. The zero-order valence-corrected chi connectivity index (χ0v) is 10.6. The fourth-order valence-corrected chi connectivity index (χ4v) is 1.87. The second-order valence-corrected chi connectivity index (χ2v) is 4.44. The molecule has 4 heteroatoms. The van der Waals surface area contributed by atoms with E-state index in [1.807, 2.05) is 24.4 Å². The number of hydrogen-bond donors (Lipinski definition) is 2. The van der Waals surface area contributed by atoms with E-state index in [0.29, 0.717) is 13.1 Å². The highest BCUT2D eigenvalue weighted by Gasteiger charge is 2.05. The molecule has 2 aromatic rings. The van der Waals surface area contributed by atoms with Crippen LogP contribution in [0.3, 0.4) is 0 Å². The third kappa shape index (κ3) is 3.68. The summed E-state index contributed by atoms with van der Waals surface area (Å²) < 4.78 is 1.74. The molecule has 0 aliphatic rings. The first-order chi connectivity index (χ1) is 8.75. The monoisotopic (exact) mass is 245 g/mol. The van der Waals surface area contributed by atoms with Crippen LogP contribution < -0.4 is 5.32 Å². The Morgan fingerprint density at radius 1 is 1.33 bits per heavy atom. The lowest BCUT2D eigenvalue weighted by Crippen LogP contribution is -2.30. The molecule has 0 amide bonds. The van der Waals surface area contributed by atoms with Crippen molar-refractivity contribution >= 4 is 0 Å². The molecule has 1 aromatic heterocycles. The van der Waals surface area contributed by atoms with E-state index in [4.69, 9.17) is 0 Å². The van der Waals surface area contributed by atoms with Gasteiger partial charge in [0, 0.05) is 25.5 Å². The van der Waals surface area contributed by atoms with Gasteiger partial charge in [0.1, 0.15) is 0 Å². The number of aliphatic hydroxyl groups excluding tert-OH is 1. The lowest BCUT2D eigenvalue weighted by Gasteiger charge is -2.12. The second-order valence-electron chi connectivity index (χ2n) is 4.44. The van der Waals surface area contributed by atoms with Crippen molar-refractivity contribution in [2.75, 3.05) is 6.54 Å². The van der Waals surface area contributed by atoms with E-state index in [2.05, 4.69) is 29.5 Å². The van der Waals surface area contributed by atoms with Gasteiger partial charge in [-0.1, -0.05) is 24.3 Å². The van der Waals surface area contributed by atoms with E-state index < -0.39 is 6.10 Å². The van der Waals surface area contributed by atoms with E-state index in [1.165, 1.54) is 11.1 Å². The van der Waals surface area contributed by atoms with Gasteiger partial charge in [-0.3, -0.25) is 4.68 Å². The summed E-state index contributed by atoms with van der Waals surface area (Å²) in [6.07, 6.45) is 3.15. The van der Waals surface area contributed by atoms with Crippen LogP contribution in [0.1, 0.15) is 11.1 Å². The highest BCUT2D eigenvalue weighted by atomic mass is 16.3. The first-order valence-electron chi connectivity index (χ1n) is 6.16. The van der Waals surface area contributed by atoms with Crippen molar-refractivity contribution in [2.24, 2.45) is 0 Å². The van der Waals surface area contributed by atoms with Crippen molar-refractivity contribution in [1.82, 2.24) is 15.1 Å². The van der Waals surface area contributed by atoms with Crippen LogP contribution in [0.2, 0.25) is 0 Å². The van der Waals surface area contributed by atoms with Gasteiger partial charge in [-0.05, 0) is 24.1 Å². The van der Waals surface area contributed by atoms with Crippen LogP contribution in [0.15, 0.2) is 42.7 Å². The van der Waals surface area contributed by atoms with Crippen molar-refractivity contribution in [3.8, 4) is 0 Å². The molecule has 1 unspecified atom stereocenters. The maximum Gasteiger partial charge on any atom is 0.0860 e. The number of nitrogens with one attached hydrogen (secondary N) is 1. The topological polar surface area (TPSA) is 50.1 Å². The Morgan fingerprint density at radius 2 is 2.17 bits per heavy atom. The molecule has 0 aliphatic heterocycles. The van der Waals surface area contributed by atoms with Crippen LogP contribution >= 0.6 is 0 Å². The molecule has 1 heterocycles. The molecule has 0 saturated heterocycles. The average Bonchev–Trinajstić information content (AvgIpc) is 2.84. The predicted molar refractivity (Wildman–Crippen MR) is 71.1 cm³/mol. The molecule has 2 N–H and O–H groups in total. The fourth-order valence-electron chi connectivity index (χ4n) is 1.87. The molecule has 0 bridgehead atoms. The van der Waals surface area contributed by atoms with Crippen LogP contribution in [0.25, 0.3) is 0 Å². The van der Waals surface area contributed by atoms with Gasteiger partial charge in [-0.15, -0.1) is 0 Å². The molecule has 18 heavy (non-hydrogen) atoms. The molecule has 2 rings (SSSR count). The summed E-state index contributed by atoms with van der Waals surface area (Å²) in [6.45, 7) is 3.96. The minimum absolute atomic E-state index is 0.422. The summed E-state index contributed by atoms with van der Waals surface area (Å²) >= 11 is 0. The standard InChI is InChI=1S/C14H19N3O/c1-12-5-2-3-6-13(12)9-15-10-14(18)11-17-8-4-7-16-17/h2-8,14-15,18H,9-11H2,1H3. The Labute approximate surface area is 107 Å². The SMILES string of the molecule is Cc1ccccc1CNCC(O)Cn1cccn1. The van der Waals surface area contributed by atoms with Crippen molar-refractivity contribution in [3.63, 3.8) is 0 Å². The normalized spacial score (nSPS) is 12.6. The lowest BCUT2D eigenvalue weighted by atomic mass is 10.1. The first kappa shape index (κ1) is 12.8. The summed E-state index contributed by atoms with van der Waals surface area (Å²) in [5.41, 5.74) is 2.54. The molecule has 0 saturated carbocycles. The number of rotatable bonds is 6. The largest absolute Gasteiger partial charge is 0.390 e. The third-order valence-electron chi connectivity index (χ3n) is 2.91. The molecule has 96 valence electrons. The smallest absolute Gasteiger partial charge is 0.0860 e. The maximum atomic E-state index is 9.84. The predicted octanol–water partition coefficient (Wildman–Crippen LogP) is 1.34. The number of nitrogens with zero attached hydrogens (tertiary/aromatic N) is 2. The molecular weight excluding hydrogens is 226 g/mol. The zero-order valence-electron chi connectivity index (χ0n) is 10.6. The molecule has 1 atom stereocenters. The van der Waals surface area contributed by atoms with E-state index in [1.54, 1.807) is 10.9 Å². The number of aryl methyl sites for hydroxylation is 1. The summed E-state index contributed by atoms with van der Waals surface area (Å²) in [7, 11) is 0. The lowest BCUT2D eigenvalue weighted by molar-refractivity contribution is 0.146. The molecule has 0 radical (unpaired) electrons. The van der Waals surface area contributed by atoms with E-state index in [0.717, 1.165) is 6.54 Å². The number of aliphatic hydroxyl groups is 1. The van der Waals surface area contributed by atoms with Crippen LogP contribution in [-0.2, 0) is 13.1 Å². The third-order valence-corrected chi connectivity index (χ3v) is 2.91. The average molecular weight is 245 g/mol. The summed E-state index contributed by atoms with van der Waals surface area (Å²) in [5, 5.41) is 17.2. The van der Waals surface area contributed by atoms with Gasteiger partial charge >= 0.3 is 0 Å². The second kappa shape index (κ2) is 6.33. The summed E-state index contributed by atoms with van der Waals surface area (Å²) in [4.78, 5) is 0. The highest BCUT2D eigenvalue weighted by molar-refractivity contribution is 5.25. The van der Waals surface area contributed by atoms with Crippen LogP contribution in [0.4, 0.5) is 0 Å². The van der Waals surface area contributed by atoms with Gasteiger partial charge in [-0.2, -0.15) is 5.10 Å². The summed E-state index contributed by atoms with van der Waals surface area (Å²) in [5.74, 6) is 0. The zero-order chi connectivity index (χ0) is 12.8. The van der Waals surface area contributed by atoms with Crippen LogP contribution in [0.5, 0.6) is 0 Å². The minimum atomic E-state index is -0.422. The fraction of sp³-hybridized carbons (Fsp3) is 0.357. The Morgan fingerprint density at radius 3 is 2.89 bits per heavy atom. The molecule has 1 aromatic carbocycles. The minimum Gasteiger partial charge on any atom is -0.390 e. The van der Waals surface area contributed by atoms with E-state index in [-0.39, 0.29) is 0 Å². The van der Waals surface area contributed by atoms with Gasteiger partial charge in [0.25, 0.3) is 0 Å². The quantitative estimate of drug-likeness (QED) is 0.807. The highest BCUT2D eigenvalue weighted by Crippen LogP contribution is 2.05. The van der Waals surface area contributed by atoms with Crippen LogP contribution in [0, 0.1) is 6.92 Å². The number of hydrogen-bond acceptors (Lipinski definition) is 3. The van der Waals surface area contributed by atoms with Crippen molar-refractivity contribution in [3.05, 3.63) is 53.9 Å². The van der Waals surface area contributed by atoms with Gasteiger partial charge in [-0.25, -0.2) is 0 Å². The van der Waals surface area contributed by atoms with Gasteiger partial charge in [0.15, 0.2) is 0 Å². The van der Waals surface area contributed by atoms with E-state index in [9.17, 15) is 5.11 Å². The van der Waals surface area contributed by atoms with E-state index >= 15 is 0 Å². The molecule has 0 aliphatic carbocycles. The molecule has 4 nitrogen and oxygen atoms in total. The molecule has 0 spiro atoms. The maximum absolute atomic E-state index is 9.84. The van der Waals surface area contributed by atoms with Crippen molar-refractivity contribution in [1.29, 1.82) is 0 Å². The Hall–Kier alpha value is -1.65. The first-order valence-corrected chi connectivity index (χ1v) is 6.16.